The van der Waals surface area contributed by atoms with E-state index in [-0.39, 0.29) is 17.4 Å². The SMILES string of the molecule is F[P-](F)(F)(F)(F)F.[OH+]=C(c1ccccc1)c1ccc(Sc2ccc(-c3cc(Sc4ccc(F)cc4)ccc3F)cc2)cc1. The minimum atomic E-state index is -10.7. The Bertz CT molecular complexity index is 1700. The first-order valence-electron chi connectivity index (χ1n) is 12.3. The number of hydrogen-bond donors (Lipinski definition) is 0. The molecule has 0 unspecified atom stereocenters. The van der Waals surface area contributed by atoms with Gasteiger partial charge in [0, 0.05) is 25.1 Å². The van der Waals surface area contributed by atoms with Gasteiger partial charge in [0.2, 0.25) is 0 Å². The normalized spacial score (nSPS) is 12.8. The molecule has 5 aromatic rings. The van der Waals surface area contributed by atoms with Crippen LogP contribution < -0.4 is 0 Å². The molecule has 0 aromatic heterocycles. The average Bonchev–Trinajstić information content (AvgIpc) is 2.95. The molecule has 0 radical (unpaired) electrons. The molecule has 0 aliphatic carbocycles. The van der Waals surface area contributed by atoms with Crippen molar-refractivity contribution in [3.8, 4) is 11.1 Å². The Labute approximate surface area is 250 Å². The maximum absolute atomic E-state index is 14.6. The molecule has 5 aromatic carbocycles. The molecule has 1 nitrogen and oxygen atoms in total. The van der Waals surface area contributed by atoms with Gasteiger partial charge in [-0.2, -0.15) is 0 Å². The molecular weight excluding hydrogens is 635 g/mol. The third-order valence-electron chi connectivity index (χ3n) is 5.56. The first-order chi connectivity index (χ1) is 20.0. The number of rotatable bonds is 7. The molecule has 0 spiro atoms. The molecule has 0 amide bonds. The molecule has 5 rings (SSSR count). The van der Waals surface area contributed by atoms with E-state index in [2.05, 4.69) is 0 Å². The standard InChI is InChI=1S/C31H20F2OS2.F6P/c32-24-10-16-27(17-11-24)36-28-18-19-30(33)29(20-28)21-6-12-25(13-7-21)35-26-14-8-23(9-15-26)31(34)22-4-2-1-3-5-22;1-7(2,3,4,5)6/h1-20H;/q;-1/p+1. The van der Waals surface area contributed by atoms with E-state index in [1.165, 1.54) is 30.0 Å². The molecule has 224 valence electrons. The van der Waals surface area contributed by atoms with Crippen molar-refractivity contribution in [1.29, 1.82) is 0 Å². The summed E-state index contributed by atoms with van der Waals surface area (Å²) in [5.41, 5.74) is 2.85. The maximum Gasteiger partial charge on any atom is 0.354 e. The molecule has 1 N–H and O–H groups in total. The van der Waals surface area contributed by atoms with Crippen molar-refractivity contribution in [2.45, 2.75) is 19.6 Å². The van der Waals surface area contributed by atoms with Crippen LogP contribution in [0.25, 0.3) is 11.1 Å². The van der Waals surface area contributed by atoms with Gasteiger partial charge in [0.25, 0.3) is 0 Å². The third kappa shape index (κ3) is 11.2. The summed E-state index contributed by atoms with van der Waals surface area (Å²) in [5.74, 6) is -0.320. The van der Waals surface area contributed by atoms with Gasteiger partial charge < -0.3 is 0 Å². The van der Waals surface area contributed by atoms with Crippen molar-refractivity contribution in [1.82, 2.24) is 0 Å². The summed E-state index contributed by atoms with van der Waals surface area (Å²) >= 11 is 3.06. The van der Waals surface area contributed by atoms with E-state index in [0.717, 1.165) is 36.3 Å². The molecule has 0 bridgehead atoms. The molecule has 0 saturated heterocycles. The predicted molar refractivity (Wildman–Crippen MR) is 158 cm³/mol. The second-order valence-electron chi connectivity index (χ2n) is 9.02. The van der Waals surface area contributed by atoms with E-state index in [1.807, 2.05) is 84.9 Å². The number of hydrogen-bond acceptors (Lipinski definition) is 2. The number of halogens is 8. The van der Waals surface area contributed by atoms with Crippen LogP contribution in [0.5, 0.6) is 0 Å². The van der Waals surface area contributed by atoms with Crippen molar-refractivity contribution in [2.24, 2.45) is 0 Å². The second kappa shape index (κ2) is 12.1. The maximum atomic E-state index is 14.6. The van der Waals surface area contributed by atoms with Crippen molar-refractivity contribution < 1.29 is 38.8 Å². The Morgan fingerprint density at radius 3 is 1.47 bits per heavy atom. The van der Waals surface area contributed by atoms with Gasteiger partial charge in [0.1, 0.15) is 11.6 Å². The van der Waals surface area contributed by atoms with Gasteiger partial charge in [-0.3, -0.25) is 4.79 Å². The minimum Gasteiger partial charge on any atom is -0.273 e. The summed E-state index contributed by atoms with van der Waals surface area (Å²) in [4.78, 5) is 14.3. The van der Waals surface area contributed by atoms with Crippen LogP contribution >= 0.6 is 31.3 Å². The smallest absolute Gasteiger partial charge is 0.273 e. The van der Waals surface area contributed by atoms with E-state index < -0.39 is 7.81 Å². The Kier molecular flexibility index (Phi) is 9.11. The van der Waals surface area contributed by atoms with E-state index in [0.29, 0.717) is 5.56 Å². The summed E-state index contributed by atoms with van der Waals surface area (Å²) in [6.45, 7) is 0. The van der Waals surface area contributed by atoms with Gasteiger partial charge in [0.05, 0.1) is 11.1 Å². The number of benzene rings is 5. The van der Waals surface area contributed by atoms with Crippen molar-refractivity contribution in [3.05, 3.63) is 144 Å². The molecule has 0 atom stereocenters. The van der Waals surface area contributed by atoms with Crippen LogP contribution in [0.15, 0.2) is 141 Å². The quantitative estimate of drug-likeness (QED) is 0.0753. The molecule has 0 aliphatic rings. The zero-order chi connectivity index (χ0) is 31.3. The van der Waals surface area contributed by atoms with Gasteiger partial charge in [-0.15, -0.1) is 0 Å². The van der Waals surface area contributed by atoms with Crippen molar-refractivity contribution >= 4 is 37.1 Å². The van der Waals surface area contributed by atoms with E-state index >= 15 is 0 Å². The zero-order valence-electron chi connectivity index (χ0n) is 21.8. The van der Waals surface area contributed by atoms with Crippen LogP contribution in [0.1, 0.15) is 11.1 Å². The van der Waals surface area contributed by atoms with Gasteiger partial charge in [-0.1, -0.05) is 53.9 Å². The number of carbonyl (C=O) groups excluding carboxylic acids is 1. The molecule has 0 fully saturated rings. The Hall–Kier alpha value is -3.66. The van der Waals surface area contributed by atoms with Gasteiger partial charge in [-0.25, -0.2) is 8.78 Å². The minimum absolute atomic E-state index is 0.248. The van der Waals surface area contributed by atoms with Crippen LogP contribution in [0, 0.1) is 11.6 Å². The Morgan fingerprint density at radius 1 is 0.512 bits per heavy atom. The van der Waals surface area contributed by atoms with Crippen LogP contribution in [-0.4, -0.2) is 10.6 Å². The second-order valence-corrected chi connectivity index (χ2v) is 13.2. The fraction of sp³-hybridized carbons (Fsp3) is 0. The summed E-state index contributed by atoms with van der Waals surface area (Å²) in [7, 11) is -10.7. The van der Waals surface area contributed by atoms with Crippen molar-refractivity contribution in [2.75, 3.05) is 0 Å². The third-order valence-corrected chi connectivity index (χ3v) is 7.58. The summed E-state index contributed by atoms with van der Waals surface area (Å²) in [6, 6.07) is 36.3. The van der Waals surface area contributed by atoms with Gasteiger partial charge >= 0.3 is 38.8 Å². The molecular formula is C31H21F8OPS2. The molecule has 0 saturated carbocycles. The largest absolute Gasteiger partial charge is 0.354 e. The first kappa shape index (κ1) is 32.3. The summed E-state index contributed by atoms with van der Waals surface area (Å²) in [5, 5.41) is 0. The van der Waals surface area contributed by atoms with Gasteiger partial charge in [-0.05, 0) is 96.6 Å². The van der Waals surface area contributed by atoms with E-state index in [4.69, 9.17) is 0 Å². The average molecular weight is 657 g/mol. The topological polar surface area (TPSA) is 21.4 Å². The molecule has 12 heteroatoms. The fourth-order valence-electron chi connectivity index (χ4n) is 3.71. The molecule has 43 heavy (non-hydrogen) atoms. The Balaban J connectivity index is 0.000000541. The summed E-state index contributed by atoms with van der Waals surface area (Å²) in [6.07, 6.45) is 0. The number of ketones is 1. The predicted octanol–water partition coefficient (Wildman–Crippen LogP) is 12.3. The summed E-state index contributed by atoms with van der Waals surface area (Å²) < 4.78 is 87.0. The van der Waals surface area contributed by atoms with Crippen LogP contribution in [0.3, 0.4) is 0 Å². The fourth-order valence-corrected chi connectivity index (χ4v) is 5.38. The van der Waals surface area contributed by atoms with Crippen LogP contribution in [0.2, 0.25) is 0 Å². The monoisotopic (exact) mass is 656 g/mol. The van der Waals surface area contributed by atoms with E-state index in [1.54, 1.807) is 30.0 Å². The molecule has 0 heterocycles. The van der Waals surface area contributed by atoms with Crippen LogP contribution in [-0.2, 0) is 0 Å². The Morgan fingerprint density at radius 2 is 0.930 bits per heavy atom. The first-order valence-corrected chi connectivity index (χ1v) is 16.0. The van der Waals surface area contributed by atoms with Crippen molar-refractivity contribution in [3.63, 3.8) is 0 Å². The zero-order valence-corrected chi connectivity index (χ0v) is 24.3. The molecule has 0 aliphatic heterocycles. The van der Waals surface area contributed by atoms with Gasteiger partial charge in [0.15, 0.2) is 0 Å². The van der Waals surface area contributed by atoms with Crippen LogP contribution in [0.4, 0.5) is 34.0 Å². The van der Waals surface area contributed by atoms with E-state index in [9.17, 15) is 38.8 Å².